The van der Waals surface area contributed by atoms with Gasteiger partial charge < -0.3 is 9.30 Å². The van der Waals surface area contributed by atoms with Crippen molar-refractivity contribution >= 4 is 27.7 Å². The summed E-state index contributed by atoms with van der Waals surface area (Å²) in [6.45, 7) is 3.32. The molecule has 2 aromatic heterocycles. The first-order valence-electron chi connectivity index (χ1n) is 7.80. The van der Waals surface area contributed by atoms with Gasteiger partial charge in [0, 0.05) is 27.1 Å². The third-order valence-corrected chi connectivity index (χ3v) is 4.34. The molecular formula is C17H16BrN5O3. The van der Waals surface area contributed by atoms with Crippen molar-refractivity contribution in [1.29, 1.82) is 0 Å². The Bertz CT molecular complexity index is 949. The summed E-state index contributed by atoms with van der Waals surface area (Å²) in [6, 6.07) is 9.60. The van der Waals surface area contributed by atoms with Crippen LogP contribution in [0, 0.1) is 13.8 Å². The Morgan fingerprint density at radius 1 is 1.23 bits per heavy atom. The molecule has 0 N–H and O–H groups in total. The Hall–Kier alpha value is -2.81. The molecule has 8 nitrogen and oxygen atoms in total. The molecule has 0 saturated heterocycles. The first-order chi connectivity index (χ1) is 12.5. The summed E-state index contributed by atoms with van der Waals surface area (Å²) in [5, 5.41) is 10.4. The smallest absolute Gasteiger partial charge is 0.328 e. The lowest BCUT2D eigenvalue weighted by Crippen LogP contribution is -2.19. The molecule has 0 aliphatic rings. The number of rotatable bonds is 6. The van der Waals surface area contributed by atoms with E-state index in [1.165, 1.54) is 11.0 Å². The number of carbonyl (C=O) groups is 2. The molecule has 3 aromatic rings. The maximum atomic E-state index is 12.5. The van der Waals surface area contributed by atoms with Crippen LogP contribution >= 0.6 is 15.9 Å². The second kappa shape index (κ2) is 7.61. The van der Waals surface area contributed by atoms with Gasteiger partial charge in [0.15, 0.2) is 6.61 Å². The van der Waals surface area contributed by atoms with E-state index in [2.05, 4.69) is 31.5 Å². The van der Waals surface area contributed by atoms with E-state index in [1.54, 1.807) is 6.07 Å². The lowest BCUT2D eigenvalue weighted by Gasteiger charge is -2.10. The highest BCUT2D eigenvalue weighted by molar-refractivity contribution is 9.10. The Kier molecular flexibility index (Phi) is 5.27. The predicted octanol–water partition coefficient (Wildman–Crippen LogP) is 2.27. The summed E-state index contributed by atoms with van der Waals surface area (Å²) in [6.07, 6.45) is 1.30. The van der Waals surface area contributed by atoms with E-state index in [0.717, 1.165) is 21.5 Å². The number of carbonyl (C=O) groups excluding carboxylic acids is 2. The molecule has 0 amide bonds. The third kappa shape index (κ3) is 3.88. The molecule has 2 heterocycles. The van der Waals surface area contributed by atoms with E-state index in [0.29, 0.717) is 5.56 Å². The molecule has 26 heavy (non-hydrogen) atoms. The van der Waals surface area contributed by atoms with Gasteiger partial charge in [-0.25, -0.2) is 4.68 Å². The van der Waals surface area contributed by atoms with Crippen LogP contribution < -0.4 is 0 Å². The van der Waals surface area contributed by atoms with Crippen LogP contribution in [0.1, 0.15) is 21.7 Å². The van der Waals surface area contributed by atoms with Crippen LogP contribution in [0.2, 0.25) is 0 Å². The molecule has 134 valence electrons. The van der Waals surface area contributed by atoms with Crippen molar-refractivity contribution in [2.75, 3.05) is 6.61 Å². The van der Waals surface area contributed by atoms with Gasteiger partial charge in [0.2, 0.25) is 5.78 Å². The number of halogens is 1. The van der Waals surface area contributed by atoms with Crippen molar-refractivity contribution in [3.63, 3.8) is 0 Å². The van der Waals surface area contributed by atoms with Gasteiger partial charge in [0.05, 0.1) is 0 Å². The molecule has 3 rings (SSSR count). The molecular weight excluding hydrogens is 402 g/mol. The molecule has 0 saturated carbocycles. The number of hydrogen-bond acceptors (Lipinski definition) is 6. The Labute approximate surface area is 157 Å². The Morgan fingerprint density at radius 3 is 2.73 bits per heavy atom. The summed E-state index contributed by atoms with van der Waals surface area (Å²) in [7, 11) is 0. The normalized spacial score (nSPS) is 10.7. The van der Waals surface area contributed by atoms with Gasteiger partial charge in [-0.05, 0) is 48.5 Å². The van der Waals surface area contributed by atoms with Crippen LogP contribution in [0.25, 0.3) is 5.69 Å². The average molecular weight is 418 g/mol. The highest BCUT2D eigenvalue weighted by atomic mass is 79.9. The van der Waals surface area contributed by atoms with Crippen LogP contribution in [0.3, 0.4) is 0 Å². The number of Topliss-reactive ketones (excluding diaryl/α,β-unsaturated/α-hetero) is 1. The lowest BCUT2D eigenvalue weighted by molar-refractivity contribution is -0.143. The molecule has 0 spiro atoms. The standard InChI is InChI=1S/C17H16BrN5O3/c1-11-6-15(12(2)23(11)14-5-3-4-13(18)7-14)16(24)9-26-17(25)8-22-10-19-20-21-22/h3-7,10H,8-9H2,1-2H3. The topological polar surface area (TPSA) is 91.9 Å². The van der Waals surface area contributed by atoms with Crippen molar-refractivity contribution in [2.24, 2.45) is 0 Å². The maximum absolute atomic E-state index is 12.5. The van der Waals surface area contributed by atoms with Crippen molar-refractivity contribution in [2.45, 2.75) is 20.4 Å². The van der Waals surface area contributed by atoms with Crippen molar-refractivity contribution in [3.05, 3.63) is 58.1 Å². The van der Waals surface area contributed by atoms with E-state index < -0.39 is 5.97 Å². The van der Waals surface area contributed by atoms with Gasteiger partial charge in [-0.15, -0.1) is 5.10 Å². The minimum atomic E-state index is -0.577. The van der Waals surface area contributed by atoms with Crippen molar-refractivity contribution in [1.82, 2.24) is 24.8 Å². The number of benzene rings is 1. The number of aryl methyl sites for hydroxylation is 1. The number of aromatic nitrogens is 5. The summed E-state index contributed by atoms with van der Waals surface area (Å²) in [5.74, 6) is -0.837. The zero-order chi connectivity index (χ0) is 18.7. The fraction of sp³-hybridized carbons (Fsp3) is 0.235. The molecule has 0 unspecified atom stereocenters. The SMILES string of the molecule is Cc1cc(C(=O)COC(=O)Cn2cnnn2)c(C)n1-c1cccc(Br)c1. The first kappa shape index (κ1) is 18.0. The number of ether oxygens (including phenoxy) is 1. The van der Waals surface area contributed by atoms with Crippen LogP contribution in [-0.4, -0.2) is 43.1 Å². The first-order valence-corrected chi connectivity index (χ1v) is 8.59. The third-order valence-electron chi connectivity index (χ3n) is 3.84. The molecule has 0 radical (unpaired) electrons. The minimum Gasteiger partial charge on any atom is -0.456 e. The fourth-order valence-electron chi connectivity index (χ4n) is 2.71. The molecule has 0 bridgehead atoms. The zero-order valence-electron chi connectivity index (χ0n) is 14.2. The zero-order valence-corrected chi connectivity index (χ0v) is 15.8. The van der Waals surface area contributed by atoms with E-state index in [9.17, 15) is 9.59 Å². The fourth-order valence-corrected chi connectivity index (χ4v) is 3.10. The van der Waals surface area contributed by atoms with Crippen LogP contribution in [0.15, 0.2) is 41.1 Å². The minimum absolute atomic E-state index is 0.142. The Balaban J connectivity index is 1.72. The largest absolute Gasteiger partial charge is 0.456 e. The van der Waals surface area contributed by atoms with E-state index in [-0.39, 0.29) is 18.9 Å². The summed E-state index contributed by atoms with van der Waals surface area (Å²) < 4.78 is 9.20. The predicted molar refractivity (Wildman–Crippen MR) is 96.0 cm³/mol. The molecule has 0 atom stereocenters. The molecule has 0 fully saturated rings. The summed E-state index contributed by atoms with van der Waals surface area (Å²) in [4.78, 5) is 24.3. The number of esters is 1. The molecule has 9 heteroatoms. The molecule has 1 aromatic carbocycles. The van der Waals surface area contributed by atoms with Gasteiger partial charge in [0.1, 0.15) is 12.9 Å². The summed E-state index contributed by atoms with van der Waals surface area (Å²) in [5.41, 5.74) is 3.19. The number of hydrogen-bond donors (Lipinski definition) is 0. The molecule has 0 aliphatic carbocycles. The van der Waals surface area contributed by atoms with Gasteiger partial charge in [-0.3, -0.25) is 9.59 Å². The maximum Gasteiger partial charge on any atom is 0.328 e. The highest BCUT2D eigenvalue weighted by Crippen LogP contribution is 2.23. The van der Waals surface area contributed by atoms with Gasteiger partial charge in [0.25, 0.3) is 0 Å². The van der Waals surface area contributed by atoms with Gasteiger partial charge in [-0.2, -0.15) is 0 Å². The quantitative estimate of drug-likeness (QED) is 0.451. The van der Waals surface area contributed by atoms with Gasteiger partial charge >= 0.3 is 5.97 Å². The van der Waals surface area contributed by atoms with Gasteiger partial charge in [-0.1, -0.05) is 22.0 Å². The van der Waals surface area contributed by atoms with Crippen molar-refractivity contribution < 1.29 is 14.3 Å². The summed E-state index contributed by atoms with van der Waals surface area (Å²) >= 11 is 3.46. The van der Waals surface area contributed by atoms with Crippen LogP contribution in [0.5, 0.6) is 0 Å². The average Bonchev–Trinajstić information content (AvgIpc) is 3.20. The van der Waals surface area contributed by atoms with Crippen LogP contribution in [0.4, 0.5) is 0 Å². The van der Waals surface area contributed by atoms with E-state index in [1.807, 2.05) is 42.7 Å². The lowest BCUT2D eigenvalue weighted by atomic mass is 10.1. The van der Waals surface area contributed by atoms with Crippen molar-refractivity contribution in [3.8, 4) is 5.69 Å². The van der Waals surface area contributed by atoms with E-state index in [4.69, 9.17) is 4.74 Å². The molecule has 0 aliphatic heterocycles. The Morgan fingerprint density at radius 2 is 2.04 bits per heavy atom. The van der Waals surface area contributed by atoms with Crippen LogP contribution in [-0.2, 0) is 16.1 Å². The monoisotopic (exact) mass is 417 g/mol. The highest BCUT2D eigenvalue weighted by Gasteiger charge is 2.18. The number of nitrogens with zero attached hydrogens (tertiary/aromatic N) is 5. The number of tetrazole rings is 1. The van der Waals surface area contributed by atoms with E-state index >= 15 is 0 Å². The second-order valence-electron chi connectivity index (χ2n) is 5.69. The number of ketones is 1. The second-order valence-corrected chi connectivity index (χ2v) is 6.61.